The van der Waals surface area contributed by atoms with E-state index in [0.29, 0.717) is 0 Å². The van der Waals surface area contributed by atoms with Crippen molar-refractivity contribution < 1.29 is 27.0 Å². The number of nitrogens with one attached hydrogen (secondary N) is 2. The van der Waals surface area contributed by atoms with E-state index in [1.165, 1.54) is 60.7 Å². The van der Waals surface area contributed by atoms with Gasteiger partial charge in [-0.3, -0.25) is 9.44 Å². The minimum atomic E-state index is -4.01. The number of rotatable bonds is 6. The molecule has 0 aliphatic rings. The second-order valence-electron chi connectivity index (χ2n) is 5.74. The van der Waals surface area contributed by atoms with E-state index in [0.717, 1.165) is 0 Å². The maximum Gasteiger partial charge on any atom is 0.261 e. The fraction of sp³-hybridized carbons (Fsp3) is 0. The van der Waals surface area contributed by atoms with Crippen LogP contribution < -0.4 is 9.44 Å². The highest BCUT2D eigenvalue weighted by Gasteiger charge is 2.19. The average Bonchev–Trinajstić information content (AvgIpc) is 2.64. The van der Waals surface area contributed by atoms with Crippen molar-refractivity contribution >= 4 is 31.4 Å². The van der Waals surface area contributed by atoms with Crippen molar-refractivity contribution in [3.05, 3.63) is 72.8 Å². The first-order valence-electron chi connectivity index (χ1n) is 7.90. The van der Waals surface area contributed by atoms with Crippen molar-refractivity contribution in [2.45, 2.75) is 9.79 Å². The summed E-state index contributed by atoms with van der Waals surface area (Å²) in [4.78, 5) is -0.192. The Morgan fingerprint density at radius 3 is 1.18 bits per heavy atom. The summed E-state index contributed by atoms with van der Waals surface area (Å²) in [7, 11) is -8.01. The third-order valence-electron chi connectivity index (χ3n) is 3.71. The molecule has 3 rings (SSSR count). The van der Waals surface area contributed by atoms with Crippen LogP contribution in [0.15, 0.2) is 82.6 Å². The van der Waals surface area contributed by atoms with E-state index in [9.17, 15) is 27.0 Å². The van der Waals surface area contributed by atoms with E-state index >= 15 is 0 Å². The van der Waals surface area contributed by atoms with Gasteiger partial charge in [0, 0.05) is 0 Å². The Balaban J connectivity index is 1.91. The highest BCUT2D eigenvalue weighted by atomic mass is 32.2. The third-order valence-corrected chi connectivity index (χ3v) is 6.47. The van der Waals surface area contributed by atoms with Crippen LogP contribution in [0, 0.1) is 0 Å². The Kier molecular flexibility index (Phi) is 5.16. The maximum atomic E-state index is 12.5. The highest BCUT2D eigenvalue weighted by molar-refractivity contribution is 7.93. The fourth-order valence-corrected chi connectivity index (χ4v) is 4.48. The molecule has 0 saturated carbocycles. The van der Waals surface area contributed by atoms with Gasteiger partial charge in [-0.1, -0.05) is 12.1 Å². The van der Waals surface area contributed by atoms with Crippen LogP contribution in [0.4, 0.5) is 11.4 Å². The normalized spacial score (nSPS) is 11.7. The molecular weight excluding hydrogens is 404 g/mol. The molecule has 3 aromatic rings. The predicted octanol–water partition coefficient (Wildman–Crippen LogP) is 2.70. The van der Waals surface area contributed by atoms with Crippen LogP contribution in [0.5, 0.6) is 11.5 Å². The molecule has 4 N–H and O–H groups in total. The molecule has 0 amide bonds. The average molecular weight is 420 g/mol. The molecule has 0 aliphatic heterocycles. The molecule has 3 aromatic carbocycles. The quantitative estimate of drug-likeness (QED) is 0.485. The Hall–Kier alpha value is -3.24. The van der Waals surface area contributed by atoms with Crippen molar-refractivity contribution in [1.82, 2.24) is 0 Å². The molecule has 0 aromatic heterocycles. The summed E-state index contributed by atoms with van der Waals surface area (Å²) in [5, 5.41) is 18.6. The Morgan fingerprint density at radius 2 is 0.857 bits per heavy atom. The Morgan fingerprint density at radius 1 is 0.536 bits per heavy atom. The lowest BCUT2D eigenvalue weighted by Crippen LogP contribution is -2.17. The topological polar surface area (TPSA) is 133 Å². The molecule has 0 radical (unpaired) electrons. The predicted molar refractivity (Wildman–Crippen MR) is 104 cm³/mol. The molecule has 0 unspecified atom stereocenters. The summed E-state index contributed by atoms with van der Waals surface area (Å²) < 4.78 is 54.8. The number of phenols is 2. The molecule has 28 heavy (non-hydrogen) atoms. The molecule has 0 atom stereocenters. The van der Waals surface area contributed by atoms with E-state index in [1.807, 2.05) is 0 Å². The standard InChI is InChI=1S/C18H16N2O6S2/c21-13-5-9-15(10-6-13)27(23,24)19-17-3-1-2-4-18(17)20-28(25,26)16-11-7-14(22)8-12-16/h1-12,19-22H. The van der Waals surface area contributed by atoms with Crippen molar-refractivity contribution in [3.8, 4) is 11.5 Å². The zero-order chi connectivity index (χ0) is 20.4. The first-order chi connectivity index (χ1) is 13.2. The summed E-state index contributed by atoms with van der Waals surface area (Å²) in [6, 6.07) is 15.7. The van der Waals surface area contributed by atoms with Gasteiger partial charge in [-0.15, -0.1) is 0 Å². The molecule has 0 spiro atoms. The lowest BCUT2D eigenvalue weighted by Gasteiger charge is -2.14. The summed E-state index contributed by atoms with van der Waals surface area (Å²) >= 11 is 0. The van der Waals surface area contributed by atoms with Crippen molar-refractivity contribution in [2.75, 3.05) is 9.44 Å². The molecule has 10 heteroatoms. The van der Waals surface area contributed by atoms with Crippen molar-refractivity contribution in [1.29, 1.82) is 0 Å². The first-order valence-corrected chi connectivity index (χ1v) is 10.9. The molecule has 0 fully saturated rings. The minimum absolute atomic E-state index is 0.0259. The van der Waals surface area contributed by atoms with Crippen LogP contribution in [-0.2, 0) is 20.0 Å². The van der Waals surface area contributed by atoms with Gasteiger partial charge in [-0.25, -0.2) is 16.8 Å². The molecule has 146 valence electrons. The van der Waals surface area contributed by atoms with Gasteiger partial charge in [0.1, 0.15) is 11.5 Å². The largest absolute Gasteiger partial charge is 0.508 e. The van der Waals surface area contributed by atoms with Gasteiger partial charge < -0.3 is 10.2 Å². The van der Waals surface area contributed by atoms with E-state index in [2.05, 4.69) is 9.44 Å². The fourth-order valence-electron chi connectivity index (χ4n) is 2.32. The number of para-hydroxylation sites is 2. The van der Waals surface area contributed by atoms with Gasteiger partial charge in [-0.2, -0.15) is 0 Å². The van der Waals surface area contributed by atoms with E-state index < -0.39 is 20.0 Å². The molecular formula is C18H16N2O6S2. The number of anilines is 2. The van der Waals surface area contributed by atoms with Gasteiger partial charge in [0.25, 0.3) is 20.0 Å². The van der Waals surface area contributed by atoms with E-state index in [-0.39, 0.29) is 32.7 Å². The Bertz CT molecular complexity index is 1090. The second-order valence-corrected chi connectivity index (χ2v) is 9.11. The lowest BCUT2D eigenvalue weighted by atomic mass is 10.3. The zero-order valence-corrected chi connectivity index (χ0v) is 15.9. The number of hydrogen-bond donors (Lipinski definition) is 4. The van der Waals surface area contributed by atoms with Gasteiger partial charge >= 0.3 is 0 Å². The number of phenolic OH excluding ortho intramolecular Hbond substituents is 2. The zero-order valence-electron chi connectivity index (χ0n) is 14.3. The minimum Gasteiger partial charge on any atom is -0.508 e. The second kappa shape index (κ2) is 7.41. The molecule has 0 saturated heterocycles. The summed E-state index contributed by atoms with van der Waals surface area (Å²) in [5.41, 5.74) is 0.0517. The van der Waals surface area contributed by atoms with Crippen LogP contribution in [0.2, 0.25) is 0 Å². The SMILES string of the molecule is O=S(=O)(Nc1ccccc1NS(=O)(=O)c1ccc(O)cc1)c1ccc(O)cc1. The monoisotopic (exact) mass is 420 g/mol. The molecule has 0 bridgehead atoms. The van der Waals surface area contributed by atoms with Gasteiger partial charge in [0.15, 0.2) is 0 Å². The van der Waals surface area contributed by atoms with Crippen molar-refractivity contribution in [3.63, 3.8) is 0 Å². The van der Waals surface area contributed by atoms with Gasteiger partial charge in [-0.05, 0) is 60.7 Å². The smallest absolute Gasteiger partial charge is 0.261 e. The third kappa shape index (κ3) is 4.35. The van der Waals surface area contributed by atoms with Crippen LogP contribution in [0.3, 0.4) is 0 Å². The van der Waals surface area contributed by atoms with Gasteiger partial charge in [0.2, 0.25) is 0 Å². The highest BCUT2D eigenvalue weighted by Crippen LogP contribution is 2.27. The maximum absolute atomic E-state index is 12.5. The van der Waals surface area contributed by atoms with E-state index in [1.54, 1.807) is 12.1 Å². The summed E-state index contributed by atoms with van der Waals surface area (Å²) in [5.74, 6) is -0.165. The van der Waals surface area contributed by atoms with Crippen molar-refractivity contribution in [2.24, 2.45) is 0 Å². The van der Waals surface area contributed by atoms with Crippen LogP contribution in [-0.4, -0.2) is 27.0 Å². The molecule has 0 aliphatic carbocycles. The number of aromatic hydroxyl groups is 2. The van der Waals surface area contributed by atoms with Crippen LogP contribution in [0.1, 0.15) is 0 Å². The number of sulfonamides is 2. The van der Waals surface area contributed by atoms with E-state index in [4.69, 9.17) is 0 Å². The lowest BCUT2D eigenvalue weighted by molar-refractivity contribution is 0.474. The molecule has 8 nitrogen and oxygen atoms in total. The van der Waals surface area contributed by atoms with Gasteiger partial charge in [0.05, 0.1) is 21.2 Å². The number of hydrogen-bond acceptors (Lipinski definition) is 6. The summed E-state index contributed by atoms with van der Waals surface area (Å²) in [6.45, 7) is 0. The molecule has 0 heterocycles. The first kappa shape index (κ1) is 19.5. The van der Waals surface area contributed by atoms with Crippen LogP contribution >= 0.6 is 0 Å². The van der Waals surface area contributed by atoms with Crippen LogP contribution in [0.25, 0.3) is 0 Å². The summed E-state index contributed by atoms with van der Waals surface area (Å²) in [6.07, 6.45) is 0. The Labute approximate surface area is 162 Å². The number of benzene rings is 3.